The zero-order chi connectivity index (χ0) is 13.7. The third kappa shape index (κ3) is 4.44. The highest BCUT2D eigenvalue weighted by Gasteiger charge is 2.10. The molecule has 0 amide bonds. The number of hydrogen-bond donors (Lipinski definition) is 0. The summed E-state index contributed by atoms with van der Waals surface area (Å²) in [5.41, 5.74) is 3.66. The molecule has 0 saturated heterocycles. The molecule has 0 aliphatic carbocycles. The average molecular weight is 384 g/mol. The van der Waals surface area contributed by atoms with Crippen molar-refractivity contribution in [2.45, 2.75) is 19.6 Å². The molecule has 0 saturated carbocycles. The molecule has 0 spiro atoms. The maximum absolute atomic E-state index is 6.00. The highest BCUT2D eigenvalue weighted by atomic mass is 79.9. The van der Waals surface area contributed by atoms with Gasteiger partial charge >= 0.3 is 0 Å². The quantitative estimate of drug-likeness (QED) is 0.627. The Morgan fingerprint density at radius 1 is 1.11 bits per heavy atom. The summed E-state index contributed by atoms with van der Waals surface area (Å²) in [7, 11) is 0. The van der Waals surface area contributed by atoms with Crippen molar-refractivity contribution in [3.05, 3.63) is 69.7 Å². The molecule has 1 atom stereocenters. The Balaban J connectivity index is 2.01. The van der Waals surface area contributed by atoms with E-state index in [2.05, 4.69) is 75.2 Å². The SMILES string of the molecule is Cc1cccc(C(CBr)OCc2ccc(Br)cc2)c1. The highest BCUT2D eigenvalue weighted by molar-refractivity contribution is 9.10. The van der Waals surface area contributed by atoms with E-state index in [0.717, 1.165) is 9.80 Å². The van der Waals surface area contributed by atoms with Crippen LogP contribution >= 0.6 is 31.9 Å². The van der Waals surface area contributed by atoms with Crippen molar-refractivity contribution in [3.63, 3.8) is 0 Å². The van der Waals surface area contributed by atoms with E-state index in [9.17, 15) is 0 Å². The Hall–Kier alpha value is -0.640. The maximum atomic E-state index is 6.00. The maximum Gasteiger partial charge on any atom is 0.0926 e. The molecule has 100 valence electrons. The van der Waals surface area contributed by atoms with E-state index in [-0.39, 0.29) is 6.10 Å². The van der Waals surface area contributed by atoms with E-state index in [0.29, 0.717) is 6.61 Å². The summed E-state index contributed by atoms with van der Waals surface area (Å²) in [6.45, 7) is 2.72. The first-order valence-electron chi connectivity index (χ1n) is 6.17. The molecule has 0 fully saturated rings. The van der Waals surface area contributed by atoms with Gasteiger partial charge in [-0.25, -0.2) is 0 Å². The predicted molar refractivity (Wildman–Crippen MR) is 86.6 cm³/mol. The van der Waals surface area contributed by atoms with Crippen molar-refractivity contribution in [3.8, 4) is 0 Å². The highest BCUT2D eigenvalue weighted by Crippen LogP contribution is 2.22. The smallest absolute Gasteiger partial charge is 0.0926 e. The molecule has 2 rings (SSSR count). The number of hydrogen-bond acceptors (Lipinski definition) is 1. The fourth-order valence-electron chi connectivity index (χ4n) is 1.88. The summed E-state index contributed by atoms with van der Waals surface area (Å²) in [6, 6.07) is 16.7. The van der Waals surface area contributed by atoms with Crippen LogP contribution in [-0.2, 0) is 11.3 Å². The first-order valence-corrected chi connectivity index (χ1v) is 8.09. The van der Waals surface area contributed by atoms with E-state index in [1.165, 1.54) is 16.7 Å². The topological polar surface area (TPSA) is 9.23 Å². The first-order chi connectivity index (χ1) is 9.19. The zero-order valence-corrected chi connectivity index (χ0v) is 13.9. The number of benzene rings is 2. The van der Waals surface area contributed by atoms with E-state index >= 15 is 0 Å². The minimum absolute atomic E-state index is 0.0866. The summed E-state index contributed by atoms with van der Waals surface area (Å²) in [4.78, 5) is 0. The van der Waals surface area contributed by atoms with E-state index in [1.807, 2.05) is 12.1 Å². The Labute approximate surface area is 131 Å². The van der Waals surface area contributed by atoms with Crippen LogP contribution in [0.1, 0.15) is 22.8 Å². The van der Waals surface area contributed by atoms with Crippen molar-refractivity contribution in [2.75, 3.05) is 5.33 Å². The predicted octanol–water partition coefficient (Wildman–Crippen LogP) is 5.41. The van der Waals surface area contributed by atoms with Gasteiger partial charge in [-0.3, -0.25) is 0 Å². The van der Waals surface area contributed by atoms with Crippen LogP contribution in [-0.4, -0.2) is 5.33 Å². The van der Waals surface area contributed by atoms with Crippen LogP contribution < -0.4 is 0 Å². The molecule has 1 nitrogen and oxygen atoms in total. The minimum atomic E-state index is 0.0866. The van der Waals surface area contributed by atoms with Crippen LogP contribution in [0.15, 0.2) is 53.0 Å². The molecule has 0 N–H and O–H groups in total. The average Bonchev–Trinajstić information content (AvgIpc) is 2.42. The van der Waals surface area contributed by atoms with Crippen LogP contribution in [0.25, 0.3) is 0 Å². The standard InChI is InChI=1S/C16H16Br2O/c1-12-3-2-4-14(9-12)16(10-17)19-11-13-5-7-15(18)8-6-13/h2-9,16H,10-11H2,1H3. The Morgan fingerprint density at radius 2 is 1.84 bits per heavy atom. The Kier molecular flexibility index (Phi) is 5.61. The molecule has 19 heavy (non-hydrogen) atoms. The summed E-state index contributed by atoms with van der Waals surface area (Å²) in [5.74, 6) is 0. The molecular formula is C16H16Br2O. The molecular weight excluding hydrogens is 368 g/mol. The Morgan fingerprint density at radius 3 is 2.47 bits per heavy atom. The Bertz CT molecular complexity index is 523. The first kappa shape index (κ1) is 14.8. The zero-order valence-electron chi connectivity index (χ0n) is 10.8. The van der Waals surface area contributed by atoms with Gasteiger partial charge in [0.25, 0.3) is 0 Å². The lowest BCUT2D eigenvalue weighted by atomic mass is 10.1. The summed E-state index contributed by atoms with van der Waals surface area (Å²) in [5, 5.41) is 0.799. The fraction of sp³-hybridized carbons (Fsp3) is 0.250. The summed E-state index contributed by atoms with van der Waals surface area (Å²) < 4.78 is 7.09. The van der Waals surface area contributed by atoms with Gasteiger partial charge in [-0.1, -0.05) is 73.8 Å². The van der Waals surface area contributed by atoms with Crippen LogP contribution in [0.2, 0.25) is 0 Å². The molecule has 1 unspecified atom stereocenters. The fourth-order valence-corrected chi connectivity index (χ4v) is 2.70. The number of rotatable bonds is 5. The summed E-state index contributed by atoms with van der Waals surface area (Å²) >= 11 is 6.97. The lowest BCUT2D eigenvalue weighted by Crippen LogP contribution is -2.06. The van der Waals surface area contributed by atoms with Crippen molar-refractivity contribution in [2.24, 2.45) is 0 Å². The van der Waals surface area contributed by atoms with Crippen molar-refractivity contribution in [1.29, 1.82) is 0 Å². The van der Waals surface area contributed by atoms with Crippen LogP contribution in [0.5, 0.6) is 0 Å². The van der Waals surface area contributed by atoms with Gasteiger partial charge in [0, 0.05) is 9.80 Å². The lowest BCUT2D eigenvalue weighted by Gasteiger charge is -2.16. The van der Waals surface area contributed by atoms with Crippen LogP contribution in [0.3, 0.4) is 0 Å². The number of aryl methyl sites for hydroxylation is 1. The second-order valence-corrected chi connectivity index (χ2v) is 6.06. The molecule has 0 heterocycles. The second kappa shape index (κ2) is 7.22. The molecule has 2 aromatic rings. The van der Waals surface area contributed by atoms with Crippen LogP contribution in [0, 0.1) is 6.92 Å². The normalized spacial score (nSPS) is 12.4. The molecule has 2 aromatic carbocycles. The second-order valence-electron chi connectivity index (χ2n) is 4.49. The van der Waals surface area contributed by atoms with Gasteiger partial charge in [0.05, 0.1) is 12.7 Å². The van der Waals surface area contributed by atoms with Gasteiger partial charge in [-0.15, -0.1) is 0 Å². The molecule has 0 aliphatic rings. The monoisotopic (exact) mass is 382 g/mol. The molecule has 0 bridgehead atoms. The van der Waals surface area contributed by atoms with E-state index < -0.39 is 0 Å². The van der Waals surface area contributed by atoms with E-state index in [4.69, 9.17) is 4.74 Å². The number of halogens is 2. The summed E-state index contributed by atoms with van der Waals surface area (Å²) in [6.07, 6.45) is 0.0866. The van der Waals surface area contributed by atoms with Gasteiger partial charge < -0.3 is 4.74 Å². The van der Waals surface area contributed by atoms with Gasteiger partial charge in [-0.05, 0) is 30.2 Å². The number of ether oxygens (including phenoxy) is 1. The molecule has 0 radical (unpaired) electrons. The third-order valence-corrected chi connectivity index (χ3v) is 4.04. The lowest BCUT2D eigenvalue weighted by molar-refractivity contribution is 0.0565. The molecule has 0 aromatic heterocycles. The van der Waals surface area contributed by atoms with Crippen molar-refractivity contribution in [1.82, 2.24) is 0 Å². The molecule has 0 aliphatic heterocycles. The van der Waals surface area contributed by atoms with E-state index in [1.54, 1.807) is 0 Å². The largest absolute Gasteiger partial charge is 0.368 e. The van der Waals surface area contributed by atoms with Crippen molar-refractivity contribution < 1.29 is 4.74 Å². The van der Waals surface area contributed by atoms with Crippen LogP contribution in [0.4, 0.5) is 0 Å². The van der Waals surface area contributed by atoms with Gasteiger partial charge in [0.2, 0.25) is 0 Å². The third-order valence-electron chi connectivity index (χ3n) is 2.92. The van der Waals surface area contributed by atoms with Crippen molar-refractivity contribution >= 4 is 31.9 Å². The van der Waals surface area contributed by atoms with Gasteiger partial charge in [0.1, 0.15) is 0 Å². The van der Waals surface area contributed by atoms with Gasteiger partial charge in [-0.2, -0.15) is 0 Å². The number of alkyl halides is 1. The molecule has 3 heteroatoms. The minimum Gasteiger partial charge on any atom is -0.368 e. The van der Waals surface area contributed by atoms with Gasteiger partial charge in [0.15, 0.2) is 0 Å².